The van der Waals surface area contributed by atoms with Gasteiger partial charge in [0.25, 0.3) is 0 Å². The molecule has 0 spiro atoms. The first-order valence-corrected chi connectivity index (χ1v) is 5.09. The average Bonchev–Trinajstić information content (AvgIpc) is 2.67. The molecule has 2 unspecified atom stereocenters. The van der Waals surface area contributed by atoms with Crippen LogP contribution in [-0.4, -0.2) is 52.2 Å². The van der Waals surface area contributed by atoms with E-state index in [9.17, 15) is 0 Å². The molecule has 1 heterocycles. The zero-order chi connectivity index (χ0) is 10.4. The molecule has 2 atom stereocenters. The predicted molar refractivity (Wildman–Crippen MR) is 54.5 cm³/mol. The second-order valence-electron chi connectivity index (χ2n) is 3.87. The van der Waals surface area contributed by atoms with Crippen molar-refractivity contribution in [3.8, 4) is 0 Å². The van der Waals surface area contributed by atoms with Gasteiger partial charge in [0.2, 0.25) is 0 Å². The van der Waals surface area contributed by atoms with Gasteiger partial charge >= 0.3 is 0 Å². The molecule has 0 radical (unpaired) electrons. The largest absolute Gasteiger partial charge is 0.380 e. The molecule has 1 N–H and O–H groups in total. The van der Waals surface area contributed by atoms with Gasteiger partial charge in [0.05, 0.1) is 12.7 Å². The van der Waals surface area contributed by atoms with E-state index in [2.05, 4.69) is 5.32 Å². The molecule has 1 rings (SSSR count). The third kappa shape index (κ3) is 3.20. The molecule has 84 valence electrons. The van der Waals surface area contributed by atoms with Crippen LogP contribution in [-0.2, 0) is 14.2 Å². The van der Waals surface area contributed by atoms with Gasteiger partial charge in [-0.25, -0.2) is 0 Å². The molecular weight excluding hydrogens is 182 g/mol. The maximum Gasteiger partial charge on any atom is 0.106 e. The molecule has 0 aromatic rings. The van der Waals surface area contributed by atoms with Crippen molar-refractivity contribution in [2.45, 2.75) is 25.0 Å². The van der Waals surface area contributed by atoms with Crippen LogP contribution in [0.2, 0.25) is 0 Å². The van der Waals surface area contributed by atoms with Crippen molar-refractivity contribution in [3.63, 3.8) is 0 Å². The molecular formula is C10H21NO3. The molecule has 0 amide bonds. The molecule has 1 saturated heterocycles. The summed E-state index contributed by atoms with van der Waals surface area (Å²) in [5.41, 5.74) is -0.118. The average molecular weight is 203 g/mol. The molecule has 0 aliphatic carbocycles. The van der Waals surface area contributed by atoms with Gasteiger partial charge in [0, 0.05) is 40.3 Å². The summed E-state index contributed by atoms with van der Waals surface area (Å²) < 4.78 is 16.0. The quantitative estimate of drug-likeness (QED) is 0.679. The van der Waals surface area contributed by atoms with E-state index in [0.717, 1.165) is 26.1 Å². The highest BCUT2D eigenvalue weighted by Crippen LogP contribution is 2.21. The van der Waals surface area contributed by atoms with Gasteiger partial charge in [0.1, 0.15) is 5.60 Å². The Morgan fingerprint density at radius 1 is 1.50 bits per heavy atom. The number of methoxy groups -OCH3 is 2. The number of rotatable bonds is 6. The molecule has 1 fully saturated rings. The Morgan fingerprint density at radius 2 is 2.29 bits per heavy atom. The maximum absolute atomic E-state index is 5.49. The Bertz CT molecular complexity index is 157. The lowest BCUT2D eigenvalue weighted by Crippen LogP contribution is -2.44. The van der Waals surface area contributed by atoms with Crippen molar-refractivity contribution in [1.82, 2.24) is 5.32 Å². The van der Waals surface area contributed by atoms with E-state index in [-0.39, 0.29) is 11.7 Å². The SMILES string of the molecule is COC(C)CNCC1(OC)CCOC1. The lowest BCUT2D eigenvalue weighted by atomic mass is 10.0. The fourth-order valence-electron chi connectivity index (χ4n) is 1.55. The fourth-order valence-corrected chi connectivity index (χ4v) is 1.55. The minimum Gasteiger partial charge on any atom is -0.380 e. The van der Waals surface area contributed by atoms with Gasteiger partial charge < -0.3 is 19.5 Å². The summed E-state index contributed by atoms with van der Waals surface area (Å²) in [4.78, 5) is 0. The lowest BCUT2D eigenvalue weighted by molar-refractivity contribution is -0.0177. The first-order chi connectivity index (χ1) is 6.72. The Morgan fingerprint density at radius 3 is 2.79 bits per heavy atom. The fraction of sp³-hybridized carbons (Fsp3) is 1.00. The Labute approximate surface area is 85.9 Å². The summed E-state index contributed by atoms with van der Waals surface area (Å²) in [6.07, 6.45) is 1.21. The van der Waals surface area contributed by atoms with Gasteiger partial charge in [-0.15, -0.1) is 0 Å². The molecule has 0 aromatic carbocycles. The lowest BCUT2D eigenvalue weighted by Gasteiger charge is -2.26. The molecule has 4 nitrogen and oxygen atoms in total. The smallest absolute Gasteiger partial charge is 0.106 e. The molecule has 1 aliphatic heterocycles. The summed E-state index contributed by atoms with van der Waals surface area (Å²) in [6, 6.07) is 0. The van der Waals surface area contributed by atoms with Crippen molar-refractivity contribution >= 4 is 0 Å². The zero-order valence-corrected chi connectivity index (χ0v) is 9.34. The Balaban J connectivity index is 2.21. The van der Waals surface area contributed by atoms with Crippen molar-refractivity contribution in [2.75, 3.05) is 40.5 Å². The number of ether oxygens (including phenoxy) is 3. The highest BCUT2D eigenvalue weighted by atomic mass is 16.5. The molecule has 0 bridgehead atoms. The van der Waals surface area contributed by atoms with Gasteiger partial charge in [-0.05, 0) is 6.92 Å². The number of hydrogen-bond donors (Lipinski definition) is 1. The normalized spacial score (nSPS) is 29.4. The van der Waals surface area contributed by atoms with Crippen molar-refractivity contribution < 1.29 is 14.2 Å². The Hall–Kier alpha value is -0.160. The van der Waals surface area contributed by atoms with E-state index in [1.807, 2.05) is 6.92 Å². The molecule has 0 saturated carbocycles. The summed E-state index contributed by atoms with van der Waals surface area (Å²) in [7, 11) is 3.47. The van der Waals surface area contributed by atoms with Gasteiger partial charge in [-0.2, -0.15) is 0 Å². The summed E-state index contributed by atoms with van der Waals surface area (Å²) in [6.45, 7) is 5.21. The third-order valence-electron chi connectivity index (χ3n) is 2.78. The second kappa shape index (κ2) is 5.66. The van der Waals surface area contributed by atoms with Gasteiger partial charge in [0.15, 0.2) is 0 Å². The summed E-state index contributed by atoms with van der Waals surface area (Å²) in [5.74, 6) is 0. The van der Waals surface area contributed by atoms with Crippen LogP contribution < -0.4 is 5.32 Å². The molecule has 14 heavy (non-hydrogen) atoms. The molecule has 1 aliphatic rings. The topological polar surface area (TPSA) is 39.7 Å². The van der Waals surface area contributed by atoms with E-state index in [0.29, 0.717) is 6.61 Å². The standard InChI is InChI=1S/C10H21NO3/c1-9(12-2)6-11-7-10(13-3)4-5-14-8-10/h9,11H,4-8H2,1-3H3. The van der Waals surface area contributed by atoms with Crippen molar-refractivity contribution in [3.05, 3.63) is 0 Å². The Kier molecular flexibility index (Phi) is 4.81. The van der Waals surface area contributed by atoms with E-state index >= 15 is 0 Å². The molecule has 0 aromatic heterocycles. The monoisotopic (exact) mass is 203 g/mol. The van der Waals surface area contributed by atoms with Crippen LogP contribution in [0.5, 0.6) is 0 Å². The minimum atomic E-state index is -0.118. The van der Waals surface area contributed by atoms with Crippen molar-refractivity contribution in [1.29, 1.82) is 0 Å². The third-order valence-corrected chi connectivity index (χ3v) is 2.78. The highest BCUT2D eigenvalue weighted by Gasteiger charge is 2.34. The van der Waals surface area contributed by atoms with Crippen LogP contribution >= 0.6 is 0 Å². The van der Waals surface area contributed by atoms with Crippen LogP contribution in [0, 0.1) is 0 Å². The van der Waals surface area contributed by atoms with E-state index in [4.69, 9.17) is 14.2 Å². The maximum atomic E-state index is 5.49. The first kappa shape index (κ1) is 11.9. The predicted octanol–water partition coefficient (Wildman–Crippen LogP) is 0.416. The van der Waals surface area contributed by atoms with Gasteiger partial charge in [-0.3, -0.25) is 0 Å². The van der Waals surface area contributed by atoms with Crippen molar-refractivity contribution in [2.24, 2.45) is 0 Å². The van der Waals surface area contributed by atoms with Crippen LogP contribution in [0.3, 0.4) is 0 Å². The van der Waals surface area contributed by atoms with E-state index in [1.165, 1.54) is 0 Å². The van der Waals surface area contributed by atoms with Crippen LogP contribution in [0.1, 0.15) is 13.3 Å². The highest BCUT2D eigenvalue weighted by molar-refractivity contribution is 4.87. The van der Waals surface area contributed by atoms with Crippen LogP contribution in [0.4, 0.5) is 0 Å². The number of hydrogen-bond acceptors (Lipinski definition) is 4. The minimum absolute atomic E-state index is 0.118. The zero-order valence-electron chi connectivity index (χ0n) is 9.34. The second-order valence-corrected chi connectivity index (χ2v) is 3.87. The summed E-state index contributed by atoms with van der Waals surface area (Å²) >= 11 is 0. The van der Waals surface area contributed by atoms with Crippen LogP contribution in [0.25, 0.3) is 0 Å². The molecule has 4 heteroatoms. The van der Waals surface area contributed by atoms with Crippen LogP contribution in [0.15, 0.2) is 0 Å². The van der Waals surface area contributed by atoms with Gasteiger partial charge in [-0.1, -0.05) is 0 Å². The first-order valence-electron chi connectivity index (χ1n) is 5.09. The number of nitrogens with one attached hydrogen (secondary N) is 1. The van der Waals surface area contributed by atoms with E-state index in [1.54, 1.807) is 14.2 Å². The van der Waals surface area contributed by atoms with E-state index < -0.39 is 0 Å². The summed E-state index contributed by atoms with van der Waals surface area (Å²) in [5, 5.41) is 3.34.